The molecular weight excluding hydrogens is 304 g/mol. The Kier molecular flexibility index (Phi) is 5.74. The minimum atomic E-state index is 0.0232. The van der Waals surface area contributed by atoms with Crippen molar-refractivity contribution in [2.75, 3.05) is 14.2 Å². The largest absolute Gasteiger partial charge is 0.496 e. The zero-order valence-corrected chi connectivity index (χ0v) is 14.5. The van der Waals surface area contributed by atoms with Crippen LogP contribution < -0.4 is 9.47 Å². The van der Waals surface area contributed by atoms with Gasteiger partial charge in [-0.15, -0.1) is 0 Å². The lowest BCUT2D eigenvalue weighted by atomic mass is 9.98. The van der Waals surface area contributed by atoms with E-state index < -0.39 is 0 Å². The summed E-state index contributed by atoms with van der Waals surface area (Å²) < 4.78 is 10.8. The molecule has 0 amide bonds. The lowest BCUT2D eigenvalue weighted by molar-refractivity contribution is 0.100. The molecule has 0 fully saturated rings. The number of hydrogen-bond donors (Lipinski definition) is 0. The maximum atomic E-state index is 11.6. The van der Waals surface area contributed by atoms with E-state index in [9.17, 15) is 9.59 Å². The van der Waals surface area contributed by atoms with Crippen molar-refractivity contribution in [3.63, 3.8) is 0 Å². The number of ketones is 2. The van der Waals surface area contributed by atoms with Crippen molar-refractivity contribution >= 4 is 11.6 Å². The van der Waals surface area contributed by atoms with Crippen LogP contribution in [0.25, 0.3) is 0 Å². The second kappa shape index (κ2) is 7.77. The first-order valence-electron chi connectivity index (χ1n) is 7.82. The van der Waals surface area contributed by atoms with E-state index in [1.165, 1.54) is 0 Å². The number of carbonyl (C=O) groups is 2. The Labute approximate surface area is 142 Å². The molecule has 0 aliphatic carbocycles. The van der Waals surface area contributed by atoms with E-state index in [4.69, 9.17) is 9.47 Å². The first-order valence-corrected chi connectivity index (χ1v) is 7.82. The van der Waals surface area contributed by atoms with E-state index in [-0.39, 0.29) is 11.6 Å². The molecule has 4 nitrogen and oxygen atoms in total. The molecule has 2 rings (SSSR count). The summed E-state index contributed by atoms with van der Waals surface area (Å²) in [6, 6.07) is 10.9. The van der Waals surface area contributed by atoms with Crippen LogP contribution in [0.15, 0.2) is 36.4 Å². The monoisotopic (exact) mass is 326 g/mol. The van der Waals surface area contributed by atoms with Gasteiger partial charge in [-0.25, -0.2) is 0 Å². The Bertz CT molecular complexity index is 697. The molecule has 0 aliphatic rings. The molecule has 24 heavy (non-hydrogen) atoms. The molecule has 0 atom stereocenters. The second-order valence-corrected chi connectivity index (χ2v) is 5.67. The highest BCUT2D eigenvalue weighted by molar-refractivity contribution is 5.95. The number of Topliss-reactive ketones (excluding diaryl/α,β-unsaturated/α-hetero) is 2. The lowest BCUT2D eigenvalue weighted by Gasteiger charge is -2.12. The van der Waals surface area contributed by atoms with Crippen LogP contribution in [-0.4, -0.2) is 25.8 Å². The predicted octanol–water partition coefficient (Wildman–Crippen LogP) is 3.89. The van der Waals surface area contributed by atoms with Crippen LogP contribution in [0.3, 0.4) is 0 Å². The number of aryl methyl sites for hydroxylation is 2. The van der Waals surface area contributed by atoms with Gasteiger partial charge >= 0.3 is 0 Å². The first-order chi connectivity index (χ1) is 11.5. The fourth-order valence-corrected chi connectivity index (χ4v) is 2.66. The van der Waals surface area contributed by atoms with Crippen LogP contribution in [0.2, 0.25) is 0 Å². The average molecular weight is 326 g/mol. The smallest absolute Gasteiger partial charge is 0.159 e. The van der Waals surface area contributed by atoms with Crippen LogP contribution in [0.4, 0.5) is 0 Å². The van der Waals surface area contributed by atoms with Gasteiger partial charge in [0.2, 0.25) is 0 Å². The van der Waals surface area contributed by atoms with Crippen molar-refractivity contribution in [1.29, 1.82) is 0 Å². The van der Waals surface area contributed by atoms with E-state index in [0.29, 0.717) is 24.0 Å². The quantitative estimate of drug-likeness (QED) is 0.724. The van der Waals surface area contributed by atoms with Gasteiger partial charge in [0, 0.05) is 11.1 Å². The van der Waals surface area contributed by atoms with Gasteiger partial charge in [0.25, 0.3) is 0 Å². The van der Waals surface area contributed by atoms with E-state index in [0.717, 1.165) is 22.6 Å². The number of benzene rings is 2. The Morgan fingerprint density at radius 3 is 1.42 bits per heavy atom. The summed E-state index contributed by atoms with van der Waals surface area (Å²) in [5, 5.41) is 0. The molecule has 4 heteroatoms. The molecule has 0 N–H and O–H groups in total. The summed E-state index contributed by atoms with van der Waals surface area (Å²) in [7, 11) is 3.23. The summed E-state index contributed by atoms with van der Waals surface area (Å²) in [6.45, 7) is 3.09. The molecule has 0 unspecified atom stereocenters. The lowest BCUT2D eigenvalue weighted by Crippen LogP contribution is -2.02. The first kappa shape index (κ1) is 17.7. The molecular formula is C20H22O4. The maximum absolute atomic E-state index is 11.6. The number of carbonyl (C=O) groups excluding carboxylic acids is 2. The Balaban J connectivity index is 2.30. The van der Waals surface area contributed by atoms with Gasteiger partial charge in [-0.3, -0.25) is 9.59 Å². The standard InChI is InChI=1S/C20H22O4/c1-13(21)15-7-9-19(23-3)17(11-15)5-6-18-12-16(14(2)22)8-10-20(18)24-4/h7-12H,5-6H2,1-4H3. The summed E-state index contributed by atoms with van der Waals surface area (Å²) in [5.41, 5.74) is 3.24. The van der Waals surface area contributed by atoms with Gasteiger partial charge in [-0.05, 0) is 74.2 Å². The number of rotatable bonds is 7. The highest BCUT2D eigenvalue weighted by Crippen LogP contribution is 2.26. The molecule has 0 spiro atoms. The van der Waals surface area contributed by atoms with Crippen molar-refractivity contribution in [2.24, 2.45) is 0 Å². The Hall–Kier alpha value is -2.62. The molecule has 0 aliphatic heterocycles. The third-order valence-corrected chi connectivity index (χ3v) is 4.04. The number of methoxy groups -OCH3 is 2. The topological polar surface area (TPSA) is 52.6 Å². The summed E-state index contributed by atoms with van der Waals surface area (Å²) >= 11 is 0. The second-order valence-electron chi connectivity index (χ2n) is 5.67. The molecule has 0 saturated carbocycles. The molecule has 0 aromatic heterocycles. The van der Waals surface area contributed by atoms with Crippen molar-refractivity contribution in [3.05, 3.63) is 58.7 Å². The molecule has 0 heterocycles. The molecule has 126 valence electrons. The molecule has 0 bridgehead atoms. The molecule has 2 aromatic carbocycles. The van der Waals surface area contributed by atoms with Gasteiger partial charge in [0.1, 0.15) is 11.5 Å². The van der Waals surface area contributed by atoms with E-state index in [2.05, 4.69) is 0 Å². The van der Waals surface area contributed by atoms with Gasteiger partial charge in [0.15, 0.2) is 11.6 Å². The molecule has 0 radical (unpaired) electrons. The zero-order valence-electron chi connectivity index (χ0n) is 14.5. The van der Waals surface area contributed by atoms with Crippen LogP contribution in [0, 0.1) is 0 Å². The van der Waals surface area contributed by atoms with Crippen molar-refractivity contribution in [1.82, 2.24) is 0 Å². The Morgan fingerprint density at radius 2 is 1.12 bits per heavy atom. The summed E-state index contributed by atoms with van der Waals surface area (Å²) in [6.07, 6.45) is 1.37. The maximum Gasteiger partial charge on any atom is 0.159 e. The third kappa shape index (κ3) is 4.02. The summed E-state index contributed by atoms with van der Waals surface area (Å²) in [5.74, 6) is 1.55. The minimum absolute atomic E-state index is 0.0232. The number of hydrogen-bond acceptors (Lipinski definition) is 4. The van der Waals surface area contributed by atoms with E-state index in [1.807, 2.05) is 24.3 Å². The minimum Gasteiger partial charge on any atom is -0.496 e. The van der Waals surface area contributed by atoms with Gasteiger partial charge in [-0.1, -0.05) is 0 Å². The molecule has 2 aromatic rings. The van der Waals surface area contributed by atoms with Crippen LogP contribution in [0.1, 0.15) is 45.7 Å². The van der Waals surface area contributed by atoms with Crippen LogP contribution in [0.5, 0.6) is 11.5 Å². The molecule has 0 saturated heterocycles. The summed E-state index contributed by atoms with van der Waals surface area (Å²) in [4.78, 5) is 23.2. The normalized spacial score (nSPS) is 10.3. The third-order valence-electron chi connectivity index (χ3n) is 4.04. The van der Waals surface area contributed by atoms with Gasteiger partial charge in [0.05, 0.1) is 14.2 Å². The van der Waals surface area contributed by atoms with Crippen LogP contribution >= 0.6 is 0 Å². The highest BCUT2D eigenvalue weighted by atomic mass is 16.5. The SMILES string of the molecule is COc1ccc(C(C)=O)cc1CCc1cc(C(C)=O)ccc1OC. The fourth-order valence-electron chi connectivity index (χ4n) is 2.66. The predicted molar refractivity (Wildman–Crippen MR) is 93.4 cm³/mol. The van der Waals surface area contributed by atoms with Crippen LogP contribution in [-0.2, 0) is 12.8 Å². The van der Waals surface area contributed by atoms with Crippen molar-refractivity contribution < 1.29 is 19.1 Å². The fraction of sp³-hybridized carbons (Fsp3) is 0.300. The average Bonchev–Trinajstić information content (AvgIpc) is 2.59. The zero-order chi connectivity index (χ0) is 17.7. The Morgan fingerprint density at radius 1 is 0.750 bits per heavy atom. The van der Waals surface area contributed by atoms with Gasteiger partial charge < -0.3 is 9.47 Å². The van der Waals surface area contributed by atoms with E-state index >= 15 is 0 Å². The highest BCUT2D eigenvalue weighted by Gasteiger charge is 2.11. The van der Waals surface area contributed by atoms with Crippen molar-refractivity contribution in [3.8, 4) is 11.5 Å². The number of ether oxygens (including phenoxy) is 2. The van der Waals surface area contributed by atoms with Gasteiger partial charge in [-0.2, -0.15) is 0 Å². The van der Waals surface area contributed by atoms with Crippen molar-refractivity contribution in [2.45, 2.75) is 26.7 Å². The van der Waals surface area contributed by atoms with E-state index in [1.54, 1.807) is 40.2 Å².